The van der Waals surface area contributed by atoms with Crippen molar-refractivity contribution in [2.24, 2.45) is 5.92 Å². The number of amides is 1. The normalized spacial score (nSPS) is 14.1. The maximum absolute atomic E-state index is 11.8. The molecule has 0 aliphatic heterocycles. The third-order valence-corrected chi connectivity index (χ3v) is 3.33. The lowest BCUT2D eigenvalue weighted by Crippen LogP contribution is -2.25. The van der Waals surface area contributed by atoms with E-state index in [4.69, 9.17) is 5.11 Å². The van der Waals surface area contributed by atoms with Gasteiger partial charge in [0.1, 0.15) is 11.5 Å². The highest BCUT2D eigenvalue weighted by Crippen LogP contribution is 2.27. The fraction of sp³-hybridized carbons (Fsp3) is 0.417. The first-order valence-corrected chi connectivity index (χ1v) is 6.14. The molecule has 16 heavy (non-hydrogen) atoms. The van der Waals surface area contributed by atoms with Crippen molar-refractivity contribution >= 4 is 17.2 Å². The summed E-state index contributed by atoms with van der Waals surface area (Å²) in [7, 11) is 0. The number of carbonyl (C=O) groups excluding carboxylic acids is 1. The summed E-state index contributed by atoms with van der Waals surface area (Å²) < 4.78 is 0. The van der Waals surface area contributed by atoms with Gasteiger partial charge in [-0.3, -0.25) is 4.79 Å². The lowest BCUT2D eigenvalue weighted by molar-refractivity contribution is 0.0955. The number of hydrogen-bond donors (Lipinski definition) is 2. The molecular formula is C12H13NO2S. The van der Waals surface area contributed by atoms with Crippen LogP contribution in [-0.4, -0.2) is 24.2 Å². The van der Waals surface area contributed by atoms with E-state index in [-0.39, 0.29) is 12.5 Å². The van der Waals surface area contributed by atoms with Gasteiger partial charge in [-0.25, -0.2) is 0 Å². The Morgan fingerprint density at radius 3 is 3.12 bits per heavy atom. The van der Waals surface area contributed by atoms with E-state index < -0.39 is 0 Å². The molecule has 1 fully saturated rings. The predicted octanol–water partition coefficient (Wildman–Crippen LogP) is 1.23. The van der Waals surface area contributed by atoms with Crippen molar-refractivity contribution in [3.63, 3.8) is 0 Å². The van der Waals surface area contributed by atoms with Crippen LogP contribution in [0.15, 0.2) is 11.4 Å². The van der Waals surface area contributed by atoms with E-state index in [1.165, 1.54) is 24.2 Å². The predicted molar refractivity (Wildman–Crippen MR) is 63.3 cm³/mol. The Kier molecular flexibility index (Phi) is 3.60. The molecule has 0 atom stereocenters. The summed E-state index contributed by atoms with van der Waals surface area (Å²) in [4.78, 5) is 12.4. The van der Waals surface area contributed by atoms with Gasteiger partial charge in [0.25, 0.3) is 5.91 Å². The number of rotatable bonds is 3. The second-order valence-corrected chi connectivity index (χ2v) is 4.69. The zero-order valence-electron chi connectivity index (χ0n) is 8.82. The van der Waals surface area contributed by atoms with Crippen LogP contribution >= 0.6 is 11.3 Å². The van der Waals surface area contributed by atoms with Gasteiger partial charge in [-0.05, 0) is 30.2 Å². The van der Waals surface area contributed by atoms with Gasteiger partial charge in [0, 0.05) is 12.1 Å². The van der Waals surface area contributed by atoms with Crippen molar-refractivity contribution in [3.05, 3.63) is 21.9 Å². The number of aliphatic hydroxyl groups excluding tert-OH is 1. The Hall–Kier alpha value is -1.31. The number of aliphatic hydroxyl groups is 1. The van der Waals surface area contributed by atoms with Crippen molar-refractivity contribution in [3.8, 4) is 11.8 Å². The Labute approximate surface area is 98.5 Å². The highest BCUT2D eigenvalue weighted by molar-refractivity contribution is 7.12. The average Bonchev–Trinajstić information content (AvgIpc) is 3.00. The van der Waals surface area contributed by atoms with Crippen LogP contribution in [0.25, 0.3) is 0 Å². The highest BCUT2D eigenvalue weighted by Gasteiger charge is 2.22. The molecule has 0 aromatic carbocycles. The van der Waals surface area contributed by atoms with Crippen molar-refractivity contribution < 1.29 is 9.90 Å². The summed E-state index contributed by atoms with van der Waals surface area (Å²) in [6, 6.07) is 1.80. The van der Waals surface area contributed by atoms with Gasteiger partial charge in [-0.1, -0.05) is 11.8 Å². The molecule has 1 heterocycles. The molecule has 0 unspecified atom stereocenters. The second-order valence-electron chi connectivity index (χ2n) is 3.78. The molecule has 3 nitrogen and oxygen atoms in total. The van der Waals surface area contributed by atoms with E-state index in [1.54, 1.807) is 6.07 Å². The molecule has 1 aliphatic rings. The molecule has 84 valence electrons. The summed E-state index contributed by atoms with van der Waals surface area (Å²) in [5.41, 5.74) is 0.701. The largest absolute Gasteiger partial charge is 0.384 e. The maximum atomic E-state index is 11.8. The Bertz CT molecular complexity index is 437. The van der Waals surface area contributed by atoms with Gasteiger partial charge >= 0.3 is 0 Å². The number of carbonyl (C=O) groups is 1. The Balaban J connectivity index is 2.00. The lowest BCUT2D eigenvalue weighted by atomic mass is 10.2. The van der Waals surface area contributed by atoms with Crippen LogP contribution < -0.4 is 5.32 Å². The molecule has 2 N–H and O–H groups in total. The van der Waals surface area contributed by atoms with Gasteiger partial charge in [0.2, 0.25) is 0 Å². The zero-order valence-corrected chi connectivity index (χ0v) is 9.64. The quantitative estimate of drug-likeness (QED) is 0.774. The van der Waals surface area contributed by atoms with Crippen molar-refractivity contribution in [2.75, 3.05) is 13.2 Å². The van der Waals surface area contributed by atoms with Gasteiger partial charge in [-0.15, -0.1) is 11.3 Å². The molecule has 0 saturated heterocycles. The van der Waals surface area contributed by atoms with Crippen molar-refractivity contribution in [1.29, 1.82) is 0 Å². The van der Waals surface area contributed by atoms with Crippen LogP contribution in [0.1, 0.15) is 28.1 Å². The molecule has 1 aromatic heterocycles. The first kappa shape index (κ1) is 11.2. The van der Waals surface area contributed by atoms with Crippen molar-refractivity contribution in [1.82, 2.24) is 5.32 Å². The molecule has 1 aromatic rings. The van der Waals surface area contributed by atoms with Crippen LogP contribution in [0.3, 0.4) is 0 Å². The lowest BCUT2D eigenvalue weighted by Gasteiger charge is -2.01. The van der Waals surface area contributed by atoms with E-state index in [9.17, 15) is 4.79 Å². The monoisotopic (exact) mass is 235 g/mol. The third kappa shape index (κ3) is 2.84. The molecule has 0 bridgehead atoms. The molecule has 0 radical (unpaired) electrons. The van der Waals surface area contributed by atoms with Crippen LogP contribution in [-0.2, 0) is 0 Å². The first-order chi connectivity index (χ1) is 7.81. The minimum atomic E-state index is -0.182. The van der Waals surface area contributed by atoms with Crippen LogP contribution in [0.5, 0.6) is 0 Å². The number of thiophene rings is 1. The standard InChI is InChI=1S/C12H13NO2S/c14-6-1-2-10-5-7-16-11(10)12(15)13-8-9-3-4-9/h5,7,9,14H,3-4,6,8H2,(H,13,15). The summed E-state index contributed by atoms with van der Waals surface area (Å²) in [6.07, 6.45) is 2.45. The van der Waals surface area contributed by atoms with E-state index in [2.05, 4.69) is 17.2 Å². The fourth-order valence-electron chi connectivity index (χ4n) is 1.36. The first-order valence-electron chi connectivity index (χ1n) is 5.26. The van der Waals surface area contributed by atoms with Crippen molar-refractivity contribution in [2.45, 2.75) is 12.8 Å². The third-order valence-electron chi connectivity index (χ3n) is 2.42. The maximum Gasteiger partial charge on any atom is 0.262 e. The number of hydrogen-bond acceptors (Lipinski definition) is 3. The van der Waals surface area contributed by atoms with E-state index in [1.807, 2.05) is 5.38 Å². The Morgan fingerprint density at radius 1 is 1.62 bits per heavy atom. The highest BCUT2D eigenvalue weighted by atomic mass is 32.1. The molecule has 4 heteroatoms. The molecule has 0 spiro atoms. The minimum absolute atomic E-state index is 0.0517. The van der Waals surface area contributed by atoms with Gasteiger partial charge < -0.3 is 10.4 Å². The molecule has 2 rings (SSSR count). The number of nitrogens with one attached hydrogen (secondary N) is 1. The minimum Gasteiger partial charge on any atom is -0.384 e. The topological polar surface area (TPSA) is 49.3 Å². The second kappa shape index (κ2) is 5.15. The summed E-state index contributed by atoms with van der Waals surface area (Å²) in [5, 5.41) is 13.4. The van der Waals surface area contributed by atoms with Gasteiger partial charge in [0.05, 0.1) is 0 Å². The zero-order chi connectivity index (χ0) is 11.4. The van der Waals surface area contributed by atoms with Crippen LogP contribution in [0.4, 0.5) is 0 Å². The molecular weight excluding hydrogens is 222 g/mol. The van der Waals surface area contributed by atoms with E-state index in [0.29, 0.717) is 16.4 Å². The molecule has 1 saturated carbocycles. The van der Waals surface area contributed by atoms with Gasteiger partial charge in [0.15, 0.2) is 0 Å². The average molecular weight is 235 g/mol. The summed E-state index contributed by atoms with van der Waals surface area (Å²) >= 11 is 1.38. The SMILES string of the molecule is O=C(NCC1CC1)c1sccc1C#CCO. The van der Waals surface area contributed by atoms with Gasteiger partial charge in [-0.2, -0.15) is 0 Å². The molecule has 1 amide bonds. The smallest absolute Gasteiger partial charge is 0.262 e. The summed E-state index contributed by atoms with van der Waals surface area (Å²) in [6.45, 7) is 0.586. The van der Waals surface area contributed by atoms with E-state index >= 15 is 0 Å². The van der Waals surface area contributed by atoms with Crippen LogP contribution in [0.2, 0.25) is 0 Å². The van der Waals surface area contributed by atoms with Crippen LogP contribution in [0, 0.1) is 17.8 Å². The molecule has 1 aliphatic carbocycles. The Morgan fingerprint density at radius 2 is 2.44 bits per heavy atom. The fourth-order valence-corrected chi connectivity index (χ4v) is 2.12. The summed E-state index contributed by atoms with van der Waals surface area (Å²) in [5.74, 6) is 5.96. The van der Waals surface area contributed by atoms with E-state index in [0.717, 1.165) is 6.54 Å².